The molecule has 0 unspecified atom stereocenters. The van der Waals surface area contributed by atoms with Crippen LogP contribution in [-0.4, -0.2) is 37.0 Å². The number of piperidine rings is 1. The number of hydrogen-bond donors (Lipinski definition) is 2. The van der Waals surface area contributed by atoms with Crippen molar-refractivity contribution >= 4 is 29.9 Å². The Hall–Kier alpha value is -0.820. The van der Waals surface area contributed by atoms with Crippen LogP contribution in [0.2, 0.25) is 0 Å². The van der Waals surface area contributed by atoms with E-state index in [9.17, 15) is 0 Å². The summed E-state index contributed by atoms with van der Waals surface area (Å²) >= 11 is 0. The molecule has 1 heterocycles. The third-order valence-corrected chi connectivity index (χ3v) is 4.39. The maximum atomic E-state index is 4.79. The lowest BCUT2D eigenvalue weighted by Gasteiger charge is -2.27. The lowest BCUT2D eigenvalue weighted by Crippen LogP contribution is -2.39. The molecular weight excluding hydrogens is 423 g/mol. The monoisotopic (exact) mass is 458 g/mol. The maximum absolute atomic E-state index is 4.79. The second kappa shape index (κ2) is 12.5. The summed E-state index contributed by atoms with van der Waals surface area (Å²) in [7, 11) is 0. The molecule has 1 aliphatic heterocycles. The first kappa shape index (κ1) is 22.2. The lowest BCUT2D eigenvalue weighted by molar-refractivity contribution is 0.220. The Bertz CT molecular complexity index is 510. The Balaban J connectivity index is 0.00000312. The minimum Gasteiger partial charge on any atom is -0.357 e. The van der Waals surface area contributed by atoms with Gasteiger partial charge in [-0.2, -0.15) is 0 Å². The van der Waals surface area contributed by atoms with Crippen molar-refractivity contribution in [2.75, 3.05) is 26.2 Å². The van der Waals surface area contributed by atoms with E-state index in [2.05, 4.69) is 60.6 Å². The highest BCUT2D eigenvalue weighted by Crippen LogP contribution is 2.16. The number of nitrogens with one attached hydrogen (secondary N) is 2. The molecule has 0 aliphatic carbocycles. The lowest BCUT2D eigenvalue weighted by atomic mass is 10.1. The predicted octanol–water partition coefficient (Wildman–Crippen LogP) is 4.00. The zero-order chi connectivity index (χ0) is 17.2. The first-order chi connectivity index (χ1) is 11.7. The third-order valence-electron chi connectivity index (χ3n) is 4.39. The first-order valence-corrected chi connectivity index (χ1v) is 9.50. The van der Waals surface area contributed by atoms with E-state index in [1.807, 2.05) is 0 Å². The van der Waals surface area contributed by atoms with Crippen LogP contribution in [0.4, 0.5) is 0 Å². The Kier molecular flexibility index (Phi) is 11.1. The van der Waals surface area contributed by atoms with Crippen LogP contribution in [0, 0.1) is 5.92 Å². The van der Waals surface area contributed by atoms with Crippen molar-refractivity contribution in [1.82, 2.24) is 15.5 Å². The molecule has 1 saturated heterocycles. The summed E-state index contributed by atoms with van der Waals surface area (Å²) < 4.78 is 0. The summed E-state index contributed by atoms with van der Waals surface area (Å²) in [6.07, 6.45) is 4.06. The molecule has 2 rings (SSSR count). The molecule has 1 fully saturated rings. The van der Waals surface area contributed by atoms with Gasteiger partial charge in [-0.3, -0.25) is 4.90 Å². The van der Waals surface area contributed by atoms with E-state index in [1.165, 1.54) is 43.5 Å². The molecule has 2 N–H and O–H groups in total. The Morgan fingerprint density at radius 1 is 1.08 bits per heavy atom. The highest BCUT2D eigenvalue weighted by molar-refractivity contribution is 14.0. The number of hydrogen-bond acceptors (Lipinski definition) is 2. The zero-order valence-corrected chi connectivity index (χ0v) is 18.4. The average molecular weight is 458 g/mol. The van der Waals surface area contributed by atoms with Gasteiger partial charge in [0, 0.05) is 19.6 Å². The molecule has 0 saturated carbocycles. The van der Waals surface area contributed by atoms with E-state index in [-0.39, 0.29) is 24.0 Å². The van der Waals surface area contributed by atoms with Crippen molar-refractivity contribution in [2.45, 2.75) is 53.1 Å². The first-order valence-electron chi connectivity index (χ1n) is 9.50. The number of halogens is 1. The molecule has 0 aromatic heterocycles. The quantitative estimate of drug-likeness (QED) is 0.369. The van der Waals surface area contributed by atoms with Crippen molar-refractivity contribution < 1.29 is 0 Å². The summed E-state index contributed by atoms with van der Waals surface area (Å²) in [5, 5.41) is 6.76. The zero-order valence-electron chi connectivity index (χ0n) is 16.1. The topological polar surface area (TPSA) is 39.7 Å². The largest absolute Gasteiger partial charge is 0.357 e. The second-order valence-corrected chi connectivity index (χ2v) is 7.08. The van der Waals surface area contributed by atoms with E-state index < -0.39 is 0 Å². The number of aliphatic imine (C=N–C) groups is 1. The SMILES string of the molecule is CCNC(=NCc1ccccc1CN1CCCCC1)NCC(C)C.I. The molecule has 0 bridgehead atoms. The van der Waals surface area contributed by atoms with Gasteiger partial charge in [0.15, 0.2) is 5.96 Å². The molecule has 0 spiro atoms. The average Bonchev–Trinajstić information content (AvgIpc) is 2.59. The van der Waals surface area contributed by atoms with Crippen molar-refractivity contribution in [3.05, 3.63) is 35.4 Å². The van der Waals surface area contributed by atoms with Gasteiger partial charge in [0.2, 0.25) is 0 Å². The Morgan fingerprint density at radius 2 is 1.76 bits per heavy atom. The van der Waals surface area contributed by atoms with E-state index in [4.69, 9.17) is 4.99 Å². The van der Waals surface area contributed by atoms with Crippen LogP contribution in [0.1, 0.15) is 51.2 Å². The van der Waals surface area contributed by atoms with Gasteiger partial charge in [0.05, 0.1) is 6.54 Å². The van der Waals surface area contributed by atoms with Gasteiger partial charge in [0.1, 0.15) is 0 Å². The van der Waals surface area contributed by atoms with Crippen LogP contribution in [0.3, 0.4) is 0 Å². The van der Waals surface area contributed by atoms with E-state index in [0.29, 0.717) is 5.92 Å². The van der Waals surface area contributed by atoms with Crippen LogP contribution >= 0.6 is 24.0 Å². The molecule has 5 heteroatoms. The highest BCUT2D eigenvalue weighted by Gasteiger charge is 2.12. The number of benzene rings is 1. The van der Waals surface area contributed by atoms with Gasteiger partial charge >= 0.3 is 0 Å². The molecule has 0 radical (unpaired) electrons. The van der Waals surface area contributed by atoms with E-state index in [0.717, 1.165) is 32.1 Å². The maximum Gasteiger partial charge on any atom is 0.191 e. The number of guanidine groups is 1. The highest BCUT2D eigenvalue weighted by atomic mass is 127. The van der Waals surface area contributed by atoms with Crippen molar-refractivity contribution in [1.29, 1.82) is 0 Å². The number of rotatable bonds is 7. The summed E-state index contributed by atoms with van der Waals surface area (Å²) in [4.78, 5) is 7.36. The van der Waals surface area contributed by atoms with Crippen molar-refractivity contribution in [3.63, 3.8) is 0 Å². The van der Waals surface area contributed by atoms with E-state index >= 15 is 0 Å². The summed E-state index contributed by atoms with van der Waals surface area (Å²) in [6.45, 7) is 12.6. The van der Waals surface area contributed by atoms with Crippen LogP contribution in [0.25, 0.3) is 0 Å². The van der Waals surface area contributed by atoms with Crippen LogP contribution < -0.4 is 10.6 Å². The second-order valence-electron chi connectivity index (χ2n) is 7.08. The van der Waals surface area contributed by atoms with Crippen molar-refractivity contribution in [3.8, 4) is 0 Å². The summed E-state index contributed by atoms with van der Waals surface area (Å²) in [5.74, 6) is 1.53. The molecule has 0 atom stereocenters. The van der Waals surface area contributed by atoms with Crippen LogP contribution in [-0.2, 0) is 13.1 Å². The van der Waals surface area contributed by atoms with Gasteiger partial charge in [0.25, 0.3) is 0 Å². The molecule has 0 amide bonds. The summed E-state index contributed by atoms with van der Waals surface area (Å²) in [6, 6.07) is 8.75. The summed E-state index contributed by atoms with van der Waals surface area (Å²) in [5.41, 5.74) is 2.76. The van der Waals surface area contributed by atoms with Gasteiger partial charge in [-0.05, 0) is 49.9 Å². The fourth-order valence-corrected chi connectivity index (χ4v) is 3.03. The fraction of sp³-hybridized carbons (Fsp3) is 0.650. The third kappa shape index (κ3) is 8.40. The molecule has 4 nitrogen and oxygen atoms in total. The Morgan fingerprint density at radius 3 is 2.40 bits per heavy atom. The van der Waals surface area contributed by atoms with Crippen molar-refractivity contribution in [2.24, 2.45) is 10.9 Å². The minimum atomic E-state index is 0. The van der Waals surface area contributed by atoms with Crippen LogP contribution in [0.5, 0.6) is 0 Å². The molecule has 1 aromatic rings. The normalized spacial score (nSPS) is 15.8. The van der Waals surface area contributed by atoms with Crippen LogP contribution in [0.15, 0.2) is 29.3 Å². The van der Waals surface area contributed by atoms with E-state index in [1.54, 1.807) is 0 Å². The van der Waals surface area contributed by atoms with Gasteiger partial charge in [-0.15, -0.1) is 24.0 Å². The minimum absolute atomic E-state index is 0. The number of nitrogens with zero attached hydrogens (tertiary/aromatic N) is 2. The molecular formula is C20H35IN4. The standard InChI is InChI=1S/C20H34N4.HI/c1-4-21-20(22-14-17(2)3)23-15-18-10-6-7-11-19(18)16-24-12-8-5-9-13-24;/h6-7,10-11,17H,4-5,8-9,12-16H2,1-3H3,(H2,21,22,23);1H. The molecule has 142 valence electrons. The predicted molar refractivity (Wildman–Crippen MR) is 119 cm³/mol. The molecule has 1 aromatic carbocycles. The Labute approximate surface area is 170 Å². The molecule has 25 heavy (non-hydrogen) atoms. The fourth-order valence-electron chi connectivity index (χ4n) is 3.03. The smallest absolute Gasteiger partial charge is 0.191 e. The number of likely N-dealkylation sites (tertiary alicyclic amines) is 1. The van der Waals surface area contributed by atoms with Gasteiger partial charge in [-0.1, -0.05) is 44.5 Å². The van der Waals surface area contributed by atoms with Gasteiger partial charge < -0.3 is 10.6 Å². The van der Waals surface area contributed by atoms with Gasteiger partial charge in [-0.25, -0.2) is 4.99 Å². The molecule has 1 aliphatic rings.